The van der Waals surface area contributed by atoms with Gasteiger partial charge in [-0.25, -0.2) is 9.97 Å². The second-order valence-electron chi connectivity index (χ2n) is 13.0. The van der Waals surface area contributed by atoms with E-state index in [1.807, 2.05) is 18.2 Å². The number of para-hydroxylation sites is 2. The Bertz CT molecular complexity index is 3170. The lowest BCUT2D eigenvalue weighted by Crippen LogP contribution is -1.98. The number of nitrogens with zero attached hydrogens (tertiary/aromatic N) is 3. The van der Waals surface area contributed by atoms with Crippen LogP contribution in [0.4, 0.5) is 0 Å². The minimum atomic E-state index is 0.673. The van der Waals surface area contributed by atoms with Crippen molar-refractivity contribution in [2.75, 3.05) is 0 Å². The summed E-state index contributed by atoms with van der Waals surface area (Å²) in [5.41, 5.74) is 8.54. The number of rotatable bonds is 3. The van der Waals surface area contributed by atoms with Crippen molar-refractivity contribution >= 4 is 76.2 Å². The van der Waals surface area contributed by atoms with E-state index in [4.69, 9.17) is 14.4 Å². The summed E-state index contributed by atoms with van der Waals surface area (Å²) < 4.78 is 8.99. The topological polar surface area (TPSA) is 43.9 Å². The smallest absolute Gasteiger partial charge is 0.180 e. The lowest BCUT2D eigenvalue weighted by Gasteiger charge is -2.15. The highest BCUT2D eigenvalue weighted by atomic mass is 16.3. The zero-order chi connectivity index (χ0) is 32.8. The molecule has 232 valence electrons. The molecule has 0 aliphatic heterocycles. The highest BCUT2D eigenvalue weighted by molar-refractivity contribution is 6.16. The highest BCUT2D eigenvalue weighted by Gasteiger charge is 2.22. The first-order valence-electron chi connectivity index (χ1n) is 16.9. The van der Waals surface area contributed by atoms with E-state index in [1.165, 1.54) is 38.0 Å². The van der Waals surface area contributed by atoms with Crippen LogP contribution in [0.3, 0.4) is 0 Å². The minimum Gasteiger partial charge on any atom is -0.452 e. The monoisotopic (exact) mass is 637 g/mol. The number of furan rings is 1. The second-order valence-corrected chi connectivity index (χ2v) is 13.0. The Labute approximate surface area is 286 Å². The van der Waals surface area contributed by atoms with Gasteiger partial charge in [0.2, 0.25) is 0 Å². The second kappa shape index (κ2) is 10.4. The minimum absolute atomic E-state index is 0.673. The van der Waals surface area contributed by atoms with Gasteiger partial charge in [-0.15, -0.1) is 0 Å². The van der Waals surface area contributed by atoms with Crippen molar-refractivity contribution in [1.82, 2.24) is 14.5 Å². The molecule has 0 fully saturated rings. The van der Waals surface area contributed by atoms with Crippen LogP contribution in [0.15, 0.2) is 168 Å². The number of benzene rings is 8. The molecule has 8 aromatic carbocycles. The molecule has 0 bridgehead atoms. The molecule has 0 aliphatic carbocycles. The summed E-state index contributed by atoms with van der Waals surface area (Å²) in [6.45, 7) is 0. The zero-order valence-corrected chi connectivity index (χ0v) is 26.8. The van der Waals surface area contributed by atoms with Crippen molar-refractivity contribution in [3.8, 4) is 28.3 Å². The maximum atomic E-state index is 6.58. The van der Waals surface area contributed by atoms with Crippen molar-refractivity contribution in [3.63, 3.8) is 0 Å². The summed E-state index contributed by atoms with van der Waals surface area (Å²) in [5, 5.41) is 10.5. The van der Waals surface area contributed by atoms with Crippen LogP contribution in [0, 0.1) is 0 Å². The maximum Gasteiger partial charge on any atom is 0.180 e. The van der Waals surface area contributed by atoms with E-state index < -0.39 is 0 Å². The van der Waals surface area contributed by atoms with Gasteiger partial charge in [-0.05, 0) is 75.5 Å². The summed E-state index contributed by atoms with van der Waals surface area (Å²) in [6, 6.07) is 58.0. The third-order valence-corrected chi connectivity index (χ3v) is 10.2. The van der Waals surface area contributed by atoms with Gasteiger partial charge in [0, 0.05) is 32.7 Å². The third-order valence-electron chi connectivity index (χ3n) is 10.2. The molecular formula is C46H27N3O. The van der Waals surface area contributed by atoms with E-state index in [1.54, 1.807) is 0 Å². The summed E-state index contributed by atoms with van der Waals surface area (Å²) in [5.74, 6) is 0.673. The van der Waals surface area contributed by atoms with Crippen LogP contribution in [0.25, 0.3) is 105 Å². The van der Waals surface area contributed by atoms with Crippen LogP contribution in [0.2, 0.25) is 0 Å². The molecule has 0 saturated heterocycles. The Kier molecular flexibility index (Phi) is 5.63. The summed E-state index contributed by atoms with van der Waals surface area (Å²) >= 11 is 0. The van der Waals surface area contributed by atoms with Crippen LogP contribution in [-0.2, 0) is 0 Å². The number of hydrogen-bond acceptors (Lipinski definition) is 3. The largest absolute Gasteiger partial charge is 0.452 e. The molecule has 0 atom stereocenters. The van der Waals surface area contributed by atoms with Gasteiger partial charge in [-0.2, -0.15) is 0 Å². The zero-order valence-electron chi connectivity index (χ0n) is 26.8. The molecule has 3 heterocycles. The average molecular weight is 638 g/mol. The normalized spacial score (nSPS) is 12.0. The van der Waals surface area contributed by atoms with E-state index in [9.17, 15) is 0 Å². The van der Waals surface area contributed by atoms with Crippen LogP contribution in [0.1, 0.15) is 0 Å². The van der Waals surface area contributed by atoms with Gasteiger partial charge in [0.25, 0.3) is 0 Å². The molecule has 0 unspecified atom stereocenters. The van der Waals surface area contributed by atoms with Crippen LogP contribution in [0.5, 0.6) is 0 Å². The van der Waals surface area contributed by atoms with Crippen molar-refractivity contribution < 1.29 is 4.42 Å². The van der Waals surface area contributed by atoms with Crippen molar-refractivity contribution in [1.29, 1.82) is 0 Å². The van der Waals surface area contributed by atoms with E-state index in [-0.39, 0.29) is 0 Å². The number of hydrogen-bond donors (Lipinski definition) is 0. The Morgan fingerprint density at radius 1 is 0.440 bits per heavy atom. The van der Waals surface area contributed by atoms with Crippen LogP contribution >= 0.6 is 0 Å². The molecule has 11 aromatic rings. The van der Waals surface area contributed by atoms with Crippen molar-refractivity contribution in [2.45, 2.75) is 0 Å². The van der Waals surface area contributed by atoms with Gasteiger partial charge < -0.3 is 8.98 Å². The van der Waals surface area contributed by atoms with Gasteiger partial charge in [-0.1, -0.05) is 115 Å². The van der Waals surface area contributed by atoms with Gasteiger partial charge in [0.1, 0.15) is 16.8 Å². The standard InChI is InChI=1S/C46H27N3O/c1-2-12-29-25-32(22-21-28(29)11-1)46-47-43(45-44(48-46)37-18-8-10-20-42(37)50-45)36-23-24-40(34-16-6-5-15-33(34)36)49-39-19-9-7-17-35(39)38-26-30-13-3-4-14-31(30)27-41(38)49/h1-27H. The predicted molar refractivity (Wildman–Crippen MR) is 207 cm³/mol. The molecule has 0 radical (unpaired) electrons. The van der Waals surface area contributed by atoms with E-state index in [0.29, 0.717) is 11.4 Å². The molecule has 0 saturated carbocycles. The first-order valence-corrected chi connectivity index (χ1v) is 16.9. The highest BCUT2D eigenvalue weighted by Crippen LogP contribution is 2.42. The fraction of sp³-hybridized carbons (Fsp3) is 0. The fourth-order valence-electron chi connectivity index (χ4n) is 7.83. The van der Waals surface area contributed by atoms with Crippen molar-refractivity contribution in [3.05, 3.63) is 164 Å². The van der Waals surface area contributed by atoms with Gasteiger partial charge in [-0.3, -0.25) is 0 Å². The Morgan fingerprint density at radius 3 is 1.94 bits per heavy atom. The van der Waals surface area contributed by atoms with Gasteiger partial charge >= 0.3 is 0 Å². The van der Waals surface area contributed by atoms with Crippen LogP contribution < -0.4 is 0 Å². The summed E-state index contributed by atoms with van der Waals surface area (Å²) in [4.78, 5) is 10.5. The maximum absolute atomic E-state index is 6.58. The molecule has 4 nitrogen and oxygen atoms in total. The molecular weight excluding hydrogens is 611 g/mol. The van der Waals surface area contributed by atoms with E-state index >= 15 is 0 Å². The third kappa shape index (κ3) is 3.93. The molecule has 0 spiro atoms. The predicted octanol–water partition coefficient (Wildman–Crippen LogP) is 12.3. The Morgan fingerprint density at radius 2 is 1.10 bits per heavy atom. The molecule has 3 aromatic heterocycles. The Balaban J connectivity index is 1.21. The number of aromatic nitrogens is 3. The quantitative estimate of drug-likeness (QED) is 0.194. The van der Waals surface area contributed by atoms with E-state index in [0.717, 1.165) is 55.2 Å². The molecule has 11 rings (SSSR count). The van der Waals surface area contributed by atoms with E-state index in [2.05, 4.69) is 150 Å². The van der Waals surface area contributed by atoms with Crippen molar-refractivity contribution in [2.24, 2.45) is 0 Å². The molecule has 50 heavy (non-hydrogen) atoms. The Hall–Kier alpha value is -6.78. The molecule has 0 aliphatic rings. The first-order chi connectivity index (χ1) is 24.8. The molecule has 0 amide bonds. The SMILES string of the molecule is c1ccc2cc(-c3nc(-c4ccc(-n5c6ccccc6c6cc7ccccc7cc65)c5ccccc45)c4oc5ccccc5c4n3)ccc2c1. The fourth-order valence-corrected chi connectivity index (χ4v) is 7.83. The van der Waals surface area contributed by atoms with Crippen LogP contribution in [-0.4, -0.2) is 14.5 Å². The molecule has 4 heteroatoms. The first kappa shape index (κ1) is 27.2. The summed E-state index contributed by atoms with van der Waals surface area (Å²) in [6.07, 6.45) is 0. The lowest BCUT2D eigenvalue weighted by molar-refractivity contribution is 0.667. The average Bonchev–Trinajstić information content (AvgIpc) is 3.71. The lowest BCUT2D eigenvalue weighted by atomic mass is 9.99. The van der Waals surface area contributed by atoms with Gasteiger partial charge in [0.05, 0.1) is 16.7 Å². The van der Waals surface area contributed by atoms with Gasteiger partial charge in [0.15, 0.2) is 11.4 Å². The molecule has 0 N–H and O–H groups in total. The number of fused-ring (bicyclic) bond motifs is 9. The summed E-state index contributed by atoms with van der Waals surface area (Å²) in [7, 11) is 0.